The average molecular weight is 379 g/mol. The third kappa shape index (κ3) is 3.85. The van der Waals surface area contributed by atoms with Gasteiger partial charge in [0.1, 0.15) is 30.5 Å². The van der Waals surface area contributed by atoms with Crippen LogP contribution in [-0.4, -0.2) is 24.5 Å². The van der Waals surface area contributed by atoms with E-state index in [0.717, 1.165) is 17.0 Å². The number of fused-ring (bicyclic) bond motifs is 1. The van der Waals surface area contributed by atoms with Crippen LogP contribution in [0.2, 0.25) is 0 Å². The van der Waals surface area contributed by atoms with Gasteiger partial charge in [0.05, 0.1) is 23.9 Å². The van der Waals surface area contributed by atoms with E-state index in [9.17, 15) is 4.79 Å². The zero-order valence-corrected chi connectivity index (χ0v) is 15.5. The lowest BCUT2D eigenvalue weighted by atomic mass is 9.98. The van der Waals surface area contributed by atoms with Crippen molar-refractivity contribution in [2.75, 3.05) is 13.7 Å². The number of ether oxygens (including phenoxy) is 3. The first-order valence-electron chi connectivity index (χ1n) is 8.39. The van der Waals surface area contributed by atoms with Crippen LogP contribution in [0.3, 0.4) is 0 Å². The minimum Gasteiger partial charge on any atom is -0.497 e. The quantitative estimate of drug-likeness (QED) is 0.616. The Labute approximate surface area is 160 Å². The number of methoxy groups -OCH3 is 1. The van der Waals surface area contributed by atoms with E-state index >= 15 is 0 Å². The Bertz CT molecular complexity index is 978. The number of nitrogens with zero attached hydrogens (tertiary/aromatic N) is 1. The molecule has 0 atom stereocenters. The van der Waals surface area contributed by atoms with Crippen LogP contribution in [0.15, 0.2) is 58.9 Å². The molecule has 0 spiro atoms. The lowest BCUT2D eigenvalue weighted by molar-refractivity contribution is 0.100. The summed E-state index contributed by atoms with van der Waals surface area (Å²) in [6.45, 7) is 0.690. The SMILES string of the molecule is COc1ccc2c(c1)C(=O)/C(=C/c1ccc(OCc3cscn3)cc1)CO2. The molecular weight excluding hydrogens is 362 g/mol. The molecular formula is C21H17NO4S. The highest BCUT2D eigenvalue weighted by atomic mass is 32.1. The molecule has 0 aliphatic carbocycles. The normalized spacial score (nSPS) is 14.6. The van der Waals surface area contributed by atoms with E-state index in [0.29, 0.717) is 29.2 Å². The Morgan fingerprint density at radius 3 is 2.74 bits per heavy atom. The number of rotatable bonds is 5. The predicted molar refractivity (Wildman–Crippen MR) is 104 cm³/mol. The highest BCUT2D eigenvalue weighted by Gasteiger charge is 2.23. The molecule has 0 bridgehead atoms. The van der Waals surface area contributed by atoms with Gasteiger partial charge in [0, 0.05) is 11.0 Å². The maximum absolute atomic E-state index is 12.8. The van der Waals surface area contributed by atoms with Crippen molar-refractivity contribution in [2.24, 2.45) is 0 Å². The third-order valence-corrected chi connectivity index (χ3v) is 4.83. The molecule has 4 rings (SSSR count). The molecule has 6 heteroatoms. The van der Waals surface area contributed by atoms with Crippen molar-refractivity contribution >= 4 is 23.2 Å². The van der Waals surface area contributed by atoms with Gasteiger partial charge in [-0.1, -0.05) is 12.1 Å². The van der Waals surface area contributed by atoms with Crippen molar-refractivity contribution in [2.45, 2.75) is 6.61 Å². The standard InChI is InChI=1S/C21H17NO4S/c1-24-18-6-7-20-19(9-18)21(23)15(10-26-20)8-14-2-4-17(5-3-14)25-11-16-12-27-13-22-16/h2-9,12-13H,10-11H2,1H3/b15-8+. The number of hydrogen-bond donors (Lipinski definition) is 0. The molecule has 2 heterocycles. The topological polar surface area (TPSA) is 57.7 Å². The molecule has 1 aliphatic rings. The molecule has 0 unspecified atom stereocenters. The van der Waals surface area contributed by atoms with Crippen LogP contribution in [-0.2, 0) is 6.61 Å². The van der Waals surface area contributed by atoms with E-state index < -0.39 is 0 Å². The number of ketones is 1. The minimum atomic E-state index is -0.0426. The average Bonchev–Trinajstić information content (AvgIpc) is 3.23. The molecule has 0 saturated heterocycles. The molecule has 0 radical (unpaired) electrons. The fraction of sp³-hybridized carbons (Fsp3) is 0.143. The van der Waals surface area contributed by atoms with Gasteiger partial charge in [-0.25, -0.2) is 4.98 Å². The second-order valence-electron chi connectivity index (χ2n) is 5.99. The van der Waals surface area contributed by atoms with Crippen molar-refractivity contribution in [1.82, 2.24) is 4.98 Å². The molecule has 1 aromatic heterocycles. The van der Waals surface area contributed by atoms with Crippen molar-refractivity contribution < 1.29 is 19.0 Å². The van der Waals surface area contributed by atoms with E-state index in [4.69, 9.17) is 14.2 Å². The molecule has 0 fully saturated rings. The number of carbonyl (C=O) groups is 1. The van der Waals surface area contributed by atoms with E-state index in [1.165, 1.54) is 0 Å². The number of benzene rings is 2. The van der Waals surface area contributed by atoms with Crippen LogP contribution >= 0.6 is 11.3 Å². The van der Waals surface area contributed by atoms with E-state index in [2.05, 4.69) is 4.98 Å². The summed E-state index contributed by atoms with van der Waals surface area (Å²) in [6.07, 6.45) is 1.84. The summed E-state index contributed by atoms with van der Waals surface area (Å²) in [4.78, 5) is 16.9. The van der Waals surface area contributed by atoms with Gasteiger partial charge in [-0.15, -0.1) is 11.3 Å². The zero-order valence-electron chi connectivity index (χ0n) is 14.7. The van der Waals surface area contributed by atoms with Crippen molar-refractivity contribution in [1.29, 1.82) is 0 Å². The van der Waals surface area contributed by atoms with E-state index in [-0.39, 0.29) is 12.4 Å². The Balaban J connectivity index is 1.49. The van der Waals surface area contributed by atoms with Gasteiger partial charge in [-0.2, -0.15) is 0 Å². The molecule has 5 nitrogen and oxygen atoms in total. The molecule has 136 valence electrons. The monoisotopic (exact) mass is 379 g/mol. The first kappa shape index (κ1) is 17.3. The maximum atomic E-state index is 12.8. The first-order chi connectivity index (χ1) is 13.2. The molecule has 0 saturated carbocycles. The van der Waals surface area contributed by atoms with Crippen molar-refractivity contribution in [3.8, 4) is 17.2 Å². The number of aromatic nitrogens is 1. The van der Waals surface area contributed by atoms with Gasteiger partial charge in [0.15, 0.2) is 5.78 Å². The van der Waals surface area contributed by atoms with Gasteiger partial charge >= 0.3 is 0 Å². The van der Waals surface area contributed by atoms with Gasteiger partial charge in [-0.05, 0) is 42.0 Å². The van der Waals surface area contributed by atoms with Crippen LogP contribution in [0.4, 0.5) is 0 Å². The number of thiazole rings is 1. The molecule has 2 aromatic carbocycles. The Kier molecular flexibility index (Phi) is 4.89. The van der Waals surface area contributed by atoms with Crippen molar-refractivity contribution in [3.05, 3.63) is 75.7 Å². The molecule has 0 amide bonds. The lowest BCUT2D eigenvalue weighted by Gasteiger charge is -2.19. The highest BCUT2D eigenvalue weighted by Crippen LogP contribution is 2.31. The number of carbonyl (C=O) groups excluding carboxylic acids is 1. The maximum Gasteiger partial charge on any atom is 0.196 e. The van der Waals surface area contributed by atoms with E-state index in [1.807, 2.05) is 35.7 Å². The number of Topliss-reactive ketones (excluding diaryl/α,β-unsaturated/α-hetero) is 1. The Hall–Kier alpha value is -3.12. The molecule has 0 N–H and O–H groups in total. The third-order valence-electron chi connectivity index (χ3n) is 4.20. The Morgan fingerprint density at radius 2 is 2.00 bits per heavy atom. The second-order valence-corrected chi connectivity index (χ2v) is 6.71. The van der Waals surface area contributed by atoms with Crippen LogP contribution in [0.1, 0.15) is 21.6 Å². The van der Waals surface area contributed by atoms with Crippen LogP contribution in [0.5, 0.6) is 17.2 Å². The summed E-state index contributed by atoms with van der Waals surface area (Å²) in [5, 5.41) is 1.96. The summed E-state index contributed by atoms with van der Waals surface area (Å²) >= 11 is 1.54. The minimum absolute atomic E-state index is 0.0426. The molecule has 3 aromatic rings. The lowest BCUT2D eigenvalue weighted by Crippen LogP contribution is -2.19. The summed E-state index contributed by atoms with van der Waals surface area (Å²) in [5.41, 5.74) is 4.73. The Morgan fingerprint density at radius 1 is 1.19 bits per heavy atom. The number of hydrogen-bond acceptors (Lipinski definition) is 6. The first-order valence-corrected chi connectivity index (χ1v) is 9.33. The summed E-state index contributed by atoms with van der Waals surface area (Å²) in [7, 11) is 1.57. The summed E-state index contributed by atoms with van der Waals surface area (Å²) < 4.78 is 16.6. The van der Waals surface area contributed by atoms with Crippen LogP contribution in [0, 0.1) is 0 Å². The van der Waals surface area contributed by atoms with Crippen LogP contribution in [0.25, 0.3) is 6.08 Å². The zero-order chi connectivity index (χ0) is 18.6. The van der Waals surface area contributed by atoms with Gasteiger partial charge < -0.3 is 14.2 Å². The molecule has 1 aliphatic heterocycles. The smallest absolute Gasteiger partial charge is 0.196 e. The summed E-state index contributed by atoms with van der Waals surface area (Å²) in [6, 6.07) is 12.8. The fourth-order valence-electron chi connectivity index (χ4n) is 2.77. The summed E-state index contributed by atoms with van der Waals surface area (Å²) in [5.74, 6) is 1.93. The van der Waals surface area contributed by atoms with Gasteiger partial charge in [0.2, 0.25) is 0 Å². The molecule has 27 heavy (non-hydrogen) atoms. The van der Waals surface area contributed by atoms with E-state index in [1.54, 1.807) is 42.2 Å². The largest absolute Gasteiger partial charge is 0.497 e. The van der Waals surface area contributed by atoms with Gasteiger partial charge in [-0.3, -0.25) is 4.79 Å². The fourth-order valence-corrected chi connectivity index (χ4v) is 3.31. The van der Waals surface area contributed by atoms with Crippen LogP contribution < -0.4 is 14.2 Å². The van der Waals surface area contributed by atoms with Gasteiger partial charge in [0.25, 0.3) is 0 Å². The predicted octanol–water partition coefficient (Wildman–Crippen LogP) is 4.39. The second kappa shape index (κ2) is 7.63. The van der Waals surface area contributed by atoms with Crippen molar-refractivity contribution in [3.63, 3.8) is 0 Å². The highest BCUT2D eigenvalue weighted by molar-refractivity contribution is 7.07.